The highest BCUT2D eigenvalue weighted by Crippen LogP contribution is 2.62. The molecule has 3 aliphatic rings. The lowest BCUT2D eigenvalue weighted by molar-refractivity contribution is -0.315. The third kappa shape index (κ3) is 4.07. The van der Waals surface area contributed by atoms with Crippen LogP contribution in [0.3, 0.4) is 0 Å². The first kappa shape index (κ1) is 22.2. The lowest BCUT2D eigenvalue weighted by atomic mass is 9.46. The molecule has 2 saturated carbocycles. The van der Waals surface area contributed by atoms with Gasteiger partial charge >= 0.3 is 0 Å². The molecule has 1 amide bonds. The van der Waals surface area contributed by atoms with E-state index in [1.165, 1.54) is 0 Å². The molecule has 2 N–H and O–H groups in total. The van der Waals surface area contributed by atoms with Crippen LogP contribution in [0, 0.1) is 22.7 Å². The fourth-order valence-corrected chi connectivity index (χ4v) is 7.03. The molecule has 168 valence electrons. The van der Waals surface area contributed by atoms with Crippen molar-refractivity contribution in [3.63, 3.8) is 0 Å². The van der Waals surface area contributed by atoms with E-state index in [1.807, 2.05) is 17.5 Å². The fraction of sp³-hybridized carbons (Fsp3) is 0.783. The van der Waals surface area contributed by atoms with Gasteiger partial charge in [-0.1, -0.05) is 19.9 Å². The molecule has 1 aromatic heterocycles. The minimum absolute atomic E-state index is 0.0258. The Morgan fingerprint density at radius 2 is 2.17 bits per heavy atom. The molecular formula is C23H35NO5S. The van der Waals surface area contributed by atoms with Gasteiger partial charge in [0.2, 0.25) is 5.91 Å². The number of carbonyl (C=O) groups excluding carboxylic acids is 1. The maximum absolute atomic E-state index is 12.8. The zero-order chi connectivity index (χ0) is 21.4. The molecule has 1 aliphatic heterocycles. The summed E-state index contributed by atoms with van der Waals surface area (Å²) in [5, 5.41) is 16.0. The number of amides is 1. The fourth-order valence-electron chi connectivity index (χ4n) is 6.38. The Morgan fingerprint density at radius 3 is 2.90 bits per heavy atom. The Balaban J connectivity index is 1.46. The minimum Gasteiger partial charge on any atom is -0.393 e. The van der Waals surface area contributed by atoms with Gasteiger partial charge in [-0.2, -0.15) is 0 Å². The molecule has 0 radical (unpaired) electrons. The van der Waals surface area contributed by atoms with Gasteiger partial charge in [0.1, 0.15) is 0 Å². The van der Waals surface area contributed by atoms with Gasteiger partial charge in [0.05, 0.1) is 32.0 Å². The van der Waals surface area contributed by atoms with Crippen LogP contribution in [0.2, 0.25) is 0 Å². The predicted octanol–water partition coefficient (Wildman–Crippen LogP) is 3.34. The summed E-state index contributed by atoms with van der Waals surface area (Å²) in [6.07, 6.45) is 3.31. The zero-order valence-corrected chi connectivity index (χ0v) is 19.1. The van der Waals surface area contributed by atoms with Crippen molar-refractivity contribution in [3.05, 3.63) is 22.4 Å². The van der Waals surface area contributed by atoms with Crippen LogP contribution in [0.5, 0.6) is 0 Å². The van der Waals surface area contributed by atoms with Crippen molar-refractivity contribution < 1.29 is 24.1 Å². The molecule has 1 saturated heterocycles. The molecule has 0 unspecified atom stereocenters. The van der Waals surface area contributed by atoms with Crippen LogP contribution >= 0.6 is 11.3 Å². The number of aliphatic hydroxyl groups is 1. The number of thiophene rings is 1. The van der Waals surface area contributed by atoms with Crippen LogP contribution in [0.4, 0.5) is 0 Å². The van der Waals surface area contributed by atoms with Gasteiger partial charge in [-0.05, 0) is 54.4 Å². The van der Waals surface area contributed by atoms with Gasteiger partial charge in [0.25, 0.3) is 0 Å². The molecule has 1 aromatic rings. The second-order valence-corrected chi connectivity index (χ2v) is 10.8. The van der Waals surface area contributed by atoms with E-state index in [4.69, 9.17) is 14.2 Å². The van der Waals surface area contributed by atoms with E-state index in [0.29, 0.717) is 32.1 Å². The van der Waals surface area contributed by atoms with E-state index in [0.717, 1.165) is 30.6 Å². The van der Waals surface area contributed by atoms with Crippen molar-refractivity contribution in [1.82, 2.24) is 5.32 Å². The first-order valence-corrected chi connectivity index (χ1v) is 12.0. The first-order chi connectivity index (χ1) is 14.4. The molecule has 7 atom stereocenters. The Labute approximate surface area is 183 Å². The molecule has 4 rings (SSSR count). The highest BCUT2D eigenvalue weighted by Gasteiger charge is 2.61. The highest BCUT2D eigenvalue weighted by molar-refractivity contribution is 7.09. The van der Waals surface area contributed by atoms with E-state index < -0.39 is 6.10 Å². The highest BCUT2D eigenvalue weighted by atomic mass is 32.1. The van der Waals surface area contributed by atoms with Gasteiger partial charge in [0, 0.05) is 23.8 Å². The largest absolute Gasteiger partial charge is 0.393 e. The van der Waals surface area contributed by atoms with Crippen molar-refractivity contribution in [1.29, 1.82) is 0 Å². The Bertz CT molecular complexity index is 727. The standard InChI is InChI=1S/C23H35NO5S/c1-22-9-8-19-23(2,14-28-21(29-19)13-27-3)18(22)7-6-17(25)16(22)11-20(26)24-12-15-5-4-10-30-15/h4-5,10,16-19,21,25H,6-9,11-14H2,1-3H3,(H,24,26)/t16-,17-,18-,19+,21-,22+,23+/m1/s1. The van der Waals surface area contributed by atoms with Crippen LogP contribution < -0.4 is 5.32 Å². The molecule has 6 nitrogen and oxygen atoms in total. The quantitative estimate of drug-likeness (QED) is 0.714. The summed E-state index contributed by atoms with van der Waals surface area (Å²) >= 11 is 1.64. The minimum atomic E-state index is -0.439. The van der Waals surface area contributed by atoms with E-state index in [2.05, 4.69) is 19.2 Å². The Hall–Kier alpha value is -0.990. The SMILES string of the molecule is COC[C@@H]1OC[C@@]2(C)[C@@H]3CC[C@@H](O)[C@@H](CC(=O)NCc4cccs4)[C@]3(C)CC[C@@H]2O1. The normalized spacial score (nSPS) is 41.0. The third-order valence-corrected chi connectivity index (χ3v) is 8.86. The second kappa shape index (κ2) is 8.87. The van der Waals surface area contributed by atoms with Crippen LogP contribution in [0.15, 0.2) is 17.5 Å². The third-order valence-electron chi connectivity index (χ3n) is 7.98. The van der Waals surface area contributed by atoms with Gasteiger partial charge in [-0.15, -0.1) is 11.3 Å². The number of rotatable bonds is 6. The smallest absolute Gasteiger partial charge is 0.220 e. The number of aliphatic hydroxyl groups excluding tert-OH is 1. The van der Waals surface area contributed by atoms with E-state index in [9.17, 15) is 9.90 Å². The Morgan fingerprint density at radius 1 is 1.33 bits per heavy atom. The van der Waals surface area contributed by atoms with Crippen molar-refractivity contribution in [3.8, 4) is 0 Å². The lowest BCUT2D eigenvalue weighted by Crippen LogP contribution is -2.63. The molecule has 7 heteroatoms. The summed E-state index contributed by atoms with van der Waals surface area (Å²) in [5.41, 5.74) is -0.215. The maximum atomic E-state index is 12.8. The molecule has 0 bridgehead atoms. The first-order valence-electron chi connectivity index (χ1n) is 11.1. The van der Waals surface area contributed by atoms with Crippen molar-refractivity contribution in [2.24, 2.45) is 22.7 Å². The molecule has 30 heavy (non-hydrogen) atoms. The maximum Gasteiger partial charge on any atom is 0.220 e. The predicted molar refractivity (Wildman–Crippen MR) is 115 cm³/mol. The molecular weight excluding hydrogens is 402 g/mol. The average molecular weight is 438 g/mol. The lowest BCUT2D eigenvalue weighted by Gasteiger charge is -2.62. The Kier molecular flexibility index (Phi) is 6.56. The summed E-state index contributed by atoms with van der Waals surface area (Å²) in [7, 11) is 1.66. The average Bonchev–Trinajstić information content (AvgIpc) is 3.23. The van der Waals surface area contributed by atoms with Crippen LogP contribution in [-0.2, 0) is 25.5 Å². The molecule has 0 aromatic carbocycles. The summed E-state index contributed by atoms with van der Waals surface area (Å²) in [6.45, 7) is 6.19. The number of carbonyl (C=O) groups is 1. The number of hydrogen-bond donors (Lipinski definition) is 2. The van der Waals surface area contributed by atoms with Crippen molar-refractivity contribution >= 4 is 17.2 Å². The van der Waals surface area contributed by atoms with E-state index >= 15 is 0 Å². The van der Waals surface area contributed by atoms with Gasteiger partial charge in [-0.3, -0.25) is 4.79 Å². The monoisotopic (exact) mass is 437 g/mol. The topological polar surface area (TPSA) is 77.0 Å². The van der Waals surface area contributed by atoms with Crippen LogP contribution in [0.1, 0.15) is 50.8 Å². The second-order valence-electron chi connectivity index (χ2n) is 9.73. The molecule has 2 heterocycles. The number of fused-ring (bicyclic) bond motifs is 3. The van der Waals surface area contributed by atoms with Crippen LogP contribution in [-0.4, -0.2) is 49.8 Å². The zero-order valence-electron chi connectivity index (χ0n) is 18.3. The molecule has 2 aliphatic carbocycles. The summed E-state index contributed by atoms with van der Waals surface area (Å²) in [6, 6.07) is 4.02. The van der Waals surface area contributed by atoms with Crippen molar-refractivity contribution in [2.75, 3.05) is 20.3 Å². The number of nitrogens with one attached hydrogen (secondary N) is 1. The van der Waals surface area contributed by atoms with Gasteiger partial charge in [-0.25, -0.2) is 0 Å². The van der Waals surface area contributed by atoms with E-state index in [-0.39, 0.29) is 35.0 Å². The van der Waals surface area contributed by atoms with E-state index in [1.54, 1.807) is 18.4 Å². The molecule has 3 fully saturated rings. The van der Waals surface area contributed by atoms with Gasteiger partial charge < -0.3 is 24.6 Å². The van der Waals surface area contributed by atoms with Crippen LogP contribution in [0.25, 0.3) is 0 Å². The number of ether oxygens (including phenoxy) is 3. The van der Waals surface area contributed by atoms with Gasteiger partial charge in [0.15, 0.2) is 6.29 Å². The summed E-state index contributed by atoms with van der Waals surface area (Å²) < 4.78 is 17.5. The number of hydrogen-bond acceptors (Lipinski definition) is 6. The van der Waals surface area contributed by atoms with Crippen molar-refractivity contribution in [2.45, 2.75) is 71.0 Å². The summed E-state index contributed by atoms with van der Waals surface area (Å²) in [4.78, 5) is 13.9. The summed E-state index contributed by atoms with van der Waals surface area (Å²) in [5.74, 6) is 0.331. The number of methoxy groups -OCH3 is 1. The molecule has 0 spiro atoms.